The van der Waals surface area contributed by atoms with Crippen LogP contribution >= 0.6 is 11.6 Å². The molecule has 0 atom stereocenters. The highest BCUT2D eigenvalue weighted by molar-refractivity contribution is 6.61. The van der Waals surface area contributed by atoms with Crippen molar-refractivity contribution >= 4 is 24.2 Å². The van der Waals surface area contributed by atoms with Crippen molar-refractivity contribution in [1.82, 2.24) is 0 Å². The third-order valence-corrected chi connectivity index (χ3v) is 10.4. The lowest BCUT2D eigenvalue weighted by Crippen LogP contribution is -2.34. The number of rotatable bonds is 23. The van der Waals surface area contributed by atoms with E-state index >= 15 is 0 Å². The van der Waals surface area contributed by atoms with Crippen LogP contribution in [0.2, 0.25) is 5.02 Å². The van der Waals surface area contributed by atoms with Crippen LogP contribution in [-0.2, 0) is 14.7 Å². The van der Waals surface area contributed by atoms with Gasteiger partial charge < -0.3 is 9.31 Å². The van der Waals surface area contributed by atoms with Crippen LogP contribution in [0.4, 0.5) is 0 Å². The molecule has 2 aromatic rings. The highest BCUT2D eigenvalue weighted by atomic mass is 35.5. The maximum atomic E-state index is 6.72. The molecule has 0 N–H and O–H groups in total. The second-order valence-corrected chi connectivity index (χ2v) is 14.0. The molecule has 1 heterocycles. The highest BCUT2D eigenvalue weighted by Gasteiger charge is 2.43. The van der Waals surface area contributed by atoms with E-state index < -0.39 is 0 Å². The van der Waals surface area contributed by atoms with Crippen molar-refractivity contribution in [2.45, 2.75) is 161 Å². The largest absolute Gasteiger partial charge is 0.494 e. The lowest BCUT2D eigenvalue weighted by Gasteiger charge is -2.33. The van der Waals surface area contributed by atoms with Crippen molar-refractivity contribution in [2.75, 3.05) is 13.2 Å². The summed E-state index contributed by atoms with van der Waals surface area (Å²) in [6.07, 6.45) is 29.9. The van der Waals surface area contributed by atoms with E-state index in [1.807, 2.05) is 0 Å². The van der Waals surface area contributed by atoms with E-state index in [2.05, 4.69) is 50.2 Å². The molecule has 0 radical (unpaired) electrons. The van der Waals surface area contributed by atoms with Gasteiger partial charge in [-0.25, -0.2) is 0 Å². The SMILES string of the molecule is CCCCCCCCCCCCC1(CCCCCCCCCCCC)c2cc(Cl)ccc2-c2ccc(B3OCCO3)cc21. The normalized spacial score (nSPS) is 15.3. The van der Waals surface area contributed by atoms with Gasteiger partial charge in [0.15, 0.2) is 0 Å². The van der Waals surface area contributed by atoms with Gasteiger partial charge in [0.25, 0.3) is 0 Å². The number of hydrogen-bond donors (Lipinski definition) is 0. The molecule has 1 saturated heterocycles. The zero-order valence-electron chi connectivity index (χ0n) is 27.7. The molecule has 1 aliphatic heterocycles. The Morgan fingerprint density at radius 2 is 0.977 bits per heavy atom. The Balaban J connectivity index is 1.42. The van der Waals surface area contributed by atoms with Gasteiger partial charge in [-0.05, 0) is 52.7 Å². The van der Waals surface area contributed by atoms with E-state index in [-0.39, 0.29) is 12.5 Å². The fourth-order valence-electron chi connectivity index (χ4n) is 7.67. The van der Waals surface area contributed by atoms with E-state index in [1.54, 1.807) is 0 Å². The summed E-state index contributed by atoms with van der Waals surface area (Å²) in [7, 11) is -0.232. The summed E-state index contributed by atoms with van der Waals surface area (Å²) >= 11 is 6.72. The van der Waals surface area contributed by atoms with Crippen molar-refractivity contribution in [2.24, 2.45) is 0 Å². The Morgan fingerprint density at radius 1 is 0.558 bits per heavy atom. The second kappa shape index (κ2) is 19.3. The van der Waals surface area contributed by atoms with Gasteiger partial charge in [-0.3, -0.25) is 0 Å². The van der Waals surface area contributed by atoms with Crippen LogP contribution in [-0.4, -0.2) is 20.3 Å². The van der Waals surface area contributed by atoms with Crippen LogP contribution in [0.3, 0.4) is 0 Å². The van der Waals surface area contributed by atoms with Gasteiger partial charge in [-0.2, -0.15) is 0 Å². The molecule has 4 rings (SSSR count). The maximum absolute atomic E-state index is 6.72. The zero-order valence-corrected chi connectivity index (χ0v) is 28.5. The molecule has 0 spiro atoms. The number of benzene rings is 2. The molecule has 43 heavy (non-hydrogen) atoms. The minimum absolute atomic E-state index is 0.0322. The van der Waals surface area contributed by atoms with Gasteiger partial charge in [0.2, 0.25) is 0 Å². The standard InChI is InChI=1S/C39H60BClO2/c1-3-5-7-9-11-13-15-17-19-21-27-39(28-22-20-18-16-14-12-10-8-6-4-2)37-31-33(40-42-29-30-43-40)23-25-35(37)36-26-24-34(41)32-38(36)39/h23-26,31-32H,3-22,27-30H2,1-2H3. The van der Waals surface area contributed by atoms with E-state index in [0.29, 0.717) is 13.2 Å². The fraction of sp³-hybridized carbons (Fsp3) is 0.692. The van der Waals surface area contributed by atoms with Crippen molar-refractivity contribution < 1.29 is 9.31 Å². The molecule has 0 saturated carbocycles. The summed E-state index contributed by atoms with van der Waals surface area (Å²) in [4.78, 5) is 0. The van der Waals surface area contributed by atoms with E-state index in [1.165, 1.54) is 169 Å². The Labute approximate surface area is 270 Å². The van der Waals surface area contributed by atoms with E-state index in [0.717, 1.165) is 5.02 Å². The summed E-state index contributed by atoms with van der Waals surface area (Å²) in [6, 6.07) is 13.7. The van der Waals surface area contributed by atoms with Crippen LogP contribution in [0.1, 0.15) is 166 Å². The molecule has 238 valence electrons. The number of halogens is 1. The lowest BCUT2D eigenvalue weighted by atomic mass is 9.68. The van der Waals surface area contributed by atoms with E-state index in [4.69, 9.17) is 20.9 Å². The number of fused-ring (bicyclic) bond motifs is 3. The average molecular weight is 607 g/mol. The molecule has 1 aliphatic carbocycles. The van der Waals surface area contributed by atoms with Crippen molar-refractivity contribution in [3.05, 3.63) is 52.5 Å². The van der Waals surface area contributed by atoms with Crippen LogP contribution in [0.5, 0.6) is 0 Å². The summed E-state index contributed by atoms with van der Waals surface area (Å²) in [5.41, 5.74) is 6.95. The Hall–Kier alpha value is -1.29. The predicted molar refractivity (Wildman–Crippen MR) is 188 cm³/mol. The molecule has 0 bridgehead atoms. The summed E-state index contributed by atoms with van der Waals surface area (Å²) in [6.45, 7) is 5.96. The van der Waals surface area contributed by atoms with Gasteiger partial charge in [-0.1, -0.05) is 178 Å². The first-order valence-corrected chi connectivity index (χ1v) is 18.8. The summed E-state index contributed by atoms with van der Waals surface area (Å²) in [5, 5.41) is 0.866. The van der Waals surface area contributed by atoms with Crippen molar-refractivity contribution in [3.8, 4) is 11.1 Å². The smallest absolute Gasteiger partial charge is 0.405 e. The van der Waals surface area contributed by atoms with Crippen LogP contribution in [0, 0.1) is 0 Å². The van der Waals surface area contributed by atoms with E-state index in [9.17, 15) is 0 Å². The Morgan fingerprint density at radius 3 is 1.47 bits per heavy atom. The zero-order chi connectivity index (χ0) is 30.2. The maximum Gasteiger partial charge on any atom is 0.494 e. The van der Waals surface area contributed by atoms with Gasteiger partial charge >= 0.3 is 7.12 Å². The Bertz CT molecular complexity index is 1040. The highest BCUT2D eigenvalue weighted by Crippen LogP contribution is 2.54. The molecule has 2 aromatic carbocycles. The molecule has 4 heteroatoms. The van der Waals surface area contributed by atoms with Gasteiger partial charge in [0.1, 0.15) is 0 Å². The minimum atomic E-state index is -0.232. The topological polar surface area (TPSA) is 18.5 Å². The molecule has 0 unspecified atom stereocenters. The average Bonchev–Trinajstić information content (AvgIpc) is 3.65. The quantitative estimate of drug-likeness (QED) is 0.0925. The molecule has 0 amide bonds. The van der Waals surface area contributed by atoms with Gasteiger partial charge in [0.05, 0.1) is 13.2 Å². The van der Waals surface area contributed by atoms with Crippen molar-refractivity contribution in [3.63, 3.8) is 0 Å². The van der Waals surface area contributed by atoms with Crippen LogP contribution < -0.4 is 5.46 Å². The van der Waals surface area contributed by atoms with Crippen LogP contribution in [0.15, 0.2) is 36.4 Å². The number of unbranched alkanes of at least 4 members (excludes halogenated alkanes) is 18. The Kier molecular flexibility index (Phi) is 15.5. The molecule has 2 nitrogen and oxygen atoms in total. The first kappa shape index (κ1) is 34.6. The van der Waals surface area contributed by atoms with Crippen LogP contribution in [0.25, 0.3) is 11.1 Å². The molecule has 2 aliphatic rings. The third-order valence-electron chi connectivity index (χ3n) is 10.2. The predicted octanol–water partition coefficient (Wildman–Crippen LogP) is 12.0. The number of hydrogen-bond acceptors (Lipinski definition) is 2. The van der Waals surface area contributed by atoms with Gasteiger partial charge in [-0.15, -0.1) is 0 Å². The fourth-order valence-corrected chi connectivity index (χ4v) is 7.85. The summed E-state index contributed by atoms with van der Waals surface area (Å²) < 4.78 is 11.9. The second-order valence-electron chi connectivity index (χ2n) is 13.5. The molecular weight excluding hydrogens is 547 g/mol. The van der Waals surface area contributed by atoms with Crippen molar-refractivity contribution in [1.29, 1.82) is 0 Å². The lowest BCUT2D eigenvalue weighted by molar-refractivity contribution is 0.365. The molecule has 0 aromatic heterocycles. The first-order valence-electron chi connectivity index (χ1n) is 18.4. The van der Waals surface area contributed by atoms with Gasteiger partial charge in [0, 0.05) is 10.4 Å². The monoisotopic (exact) mass is 606 g/mol. The summed E-state index contributed by atoms with van der Waals surface area (Å²) in [5.74, 6) is 0. The molecular formula is C39H60BClO2. The molecule has 1 fully saturated rings. The third kappa shape index (κ3) is 10.1. The minimum Gasteiger partial charge on any atom is -0.405 e. The first-order chi connectivity index (χ1) is 21.2.